The second-order valence-electron chi connectivity index (χ2n) is 11.7. The summed E-state index contributed by atoms with van der Waals surface area (Å²) >= 11 is 1.61. The Labute approximate surface area is 245 Å². The molecule has 2 unspecified atom stereocenters. The molecule has 6 rings (SSSR count). The molecule has 3 aliphatic rings. The first-order valence-electron chi connectivity index (χ1n) is 12.6. The number of hydrogen-bond donors (Lipinski definition) is 0. The molecule has 1 aliphatic heterocycles. The van der Waals surface area contributed by atoms with Gasteiger partial charge in [-0.25, -0.2) is 0 Å². The predicted octanol–water partition coefficient (Wildman–Crippen LogP) is 0.608. The standard InChI is InChI=1S/C30H33OSi2.2ClH.Zr/c1-32(2,3)31-16-10-13-22-17-20-11-7-9-15-24(20)28(22)29-26-18-21-12-6-8-14-23(21)25(26)19-27-30(29)33(27,4)5;;;/h6-9,11-12,14-15,17-19,28H,10,13,16H2,1-5H3;2*1H;/q;;;+2/p-2. The summed E-state index contributed by atoms with van der Waals surface area (Å²) in [7, 11) is -2.92. The molecule has 0 spiro atoms. The number of halogens is 2. The monoisotopic (exact) mass is 625 g/mol. The van der Waals surface area contributed by atoms with Crippen LogP contribution >= 0.6 is 0 Å². The van der Waals surface area contributed by atoms with Crippen LogP contribution in [-0.4, -0.2) is 23.0 Å². The van der Waals surface area contributed by atoms with E-state index in [1.54, 1.807) is 57.4 Å². The topological polar surface area (TPSA) is 9.23 Å². The molecular formula is C30H33Cl2OSi2Zr. The van der Waals surface area contributed by atoms with Crippen LogP contribution in [0.15, 0.2) is 60.2 Å². The Balaban J connectivity index is 0.00000152. The molecule has 0 aromatic heterocycles. The van der Waals surface area contributed by atoms with E-state index in [9.17, 15) is 0 Å². The van der Waals surface area contributed by atoms with E-state index in [1.807, 2.05) is 0 Å². The zero-order valence-corrected chi connectivity index (χ0v) is 27.7. The molecule has 0 amide bonds. The van der Waals surface area contributed by atoms with Crippen LogP contribution < -0.4 is 35.2 Å². The molecule has 36 heavy (non-hydrogen) atoms. The third-order valence-electron chi connectivity index (χ3n) is 7.95. The van der Waals surface area contributed by atoms with Crippen LogP contribution in [0.4, 0.5) is 0 Å². The van der Waals surface area contributed by atoms with Gasteiger partial charge in [-0.2, -0.15) is 0 Å². The van der Waals surface area contributed by atoms with Crippen LogP contribution in [-0.2, 0) is 29.1 Å². The Morgan fingerprint density at radius 3 is 2.28 bits per heavy atom. The van der Waals surface area contributed by atoms with Gasteiger partial charge in [-0.1, -0.05) is 0 Å². The summed E-state index contributed by atoms with van der Waals surface area (Å²) in [6.07, 6.45) is 4.75. The maximum absolute atomic E-state index is 6.23. The number of allylic oxidation sites excluding steroid dienone is 1. The fraction of sp³-hybridized carbons (Fsp3) is 0.333. The smallest absolute Gasteiger partial charge is 1.00 e. The maximum Gasteiger partial charge on any atom is -1.00 e. The number of hydrogen-bond acceptors (Lipinski definition) is 1. The summed E-state index contributed by atoms with van der Waals surface area (Å²) in [6.45, 7) is 12.9. The van der Waals surface area contributed by atoms with Crippen molar-refractivity contribution in [3.63, 3.8) is 0 Å². The van der Waals surface area contributed by atoms with E-state index in [1.165, 1.54) is 22.3 Å². The molecule has 1 nitrogen and oxygen atoms in total. The Kier molecular flexibility index (Phi) is 7.93. The van der Waals surface area contributed by atoms with Gasteiger partial charge in [0.15, 0.2) is 0 Å². The van der Waals surface area contributed by atoms with Crippen LogP contribution in [0, 0.1) is 0 Å². The first kappa shape index (κ1) is 28.3. The number of benzene rings is 3. The fourth-order valence-electron chi connectivity index (χ4n) is 6.32. The molecule has 185 valence electrons. The number of rotatable bonds is 6. The Hall–Kier alpha value is -0.743. The van der Waals surface area contributed by atoms with E-state index < -0.39 is 16.4 Å². The average molecular weight is 628 g/mol. The van der Waals surface area contributed by atoms with Gasteiger partial charge in [0.25, 0.3) is 0 Å². The van der Waals surface area contributed by atoms with E-state index in [2.05, 4.69) is 93.4 Å². The van der Waals surface area contributed by atoms with Gasteiger partial charge in [-0.15, -0.1) is 0 Å². The molecule has 2 aliphatic carbocycles. The quantitative estimate of drug-likeness (QED) is 0.288. The molecule has 0 radical (unpaired) electrons. The van der Waals surface area contributed by atoms with Crippen LogP contribution in [0.1, 0.15) is 50.2 Å². The van der Waals surface area contributed by atoms with E-state index >= 15 is 0 Å². The largest absolute Gasteiger partial charge is 1.00 e. The van der Waals surface area contributed by atoms with E-state index in [0.717, 1.165) is 19.4 Å². The van der Waals surface area contributed by atoms with Crippen molar-refractivity contribution >= 4 is 32.8 Å². The van der Waals surface area contributed by atoms with E-state index in [4.69, 9.17) is 4.43 Å². The molecule has 6 heteroatoms. The maximum atomic E-state index is 6.23. The van der Waals surface area contributed by atoms with Gasteiger partial charge < -0.3 is 24.8 Å². The first-order valence-corrected chi connectivity index (χ1v) is 20.5. The van der Waals surface area contributed by atoms with Crippen LogP contribution in [0.2, 0.25) is 32.7 Å². The van der Waals surface area contributed by atoms with Gasteiger partial charge in [-0.3, -0.25) is 0 Å². The van der Waals surface area contributed by atoms with E-state index in [-0.39, 0.29) is 24.8 Å². The van der Waals surface area contributed by atoms with Crippen molar-refractivity contribution in [2.45, 2.75) is 55.1 Å². The second kappa shape index (κ2) is 10.1. The molecule has 2 atom stereocenters. The SMILES string of the molecule is C[Si](C)(C)OCCCC1=Cc2ccccc2C1c1c2c(cc3c1[Si]3(C)C)-c1ccccc1[CH]2[Zr+2].[Cl-].[Cl-]. The fourth-order valence-corrected chi connectivity index (χ4v) is 11.9. The zero-order chi connectivity index (χ0) is 23.8. The Morgan fingerprint density at radius 1 is 0.889 bits per heavy atom. The second-order valence-corrected chi connectivity index (χ2v) is 21.9. The van der Waals surface area contributed by atoms with Crippen molar-refractivity contribution in [1.82, 2.24) is 0 Å². The third-order valence-corrected chi connectivity index (χ3v) is 13.8. The molecule has 3 aromatic carbocycles. The molecule has 0 N–H and O–H groups in total. The zero-order valence-electron chi connectivity index (χ0n) is 21.7. The number of fused-ring (bicyclic) bond motifs is 5. The van der Waals surface area contributed by atoms with Crippen molar-refractivity contribution < 1.29 is 54.0 Å². The summed E-state index contributed by atoms with van der Waals surface area (Å²) in [4.78, 5) is 0. The average Bonchev–Trinajstić information content (AvgIpc) is 3.07. The van der Waals surface area contributed by atoms with Crippen molar-refractivity contribution in [2.24, 2.45) is 0 Å². The summed E-state index contributed by atoms with van der Waals surface area (Å²) in [6, 6.07) is 20.9. The molecule has 0 bridgehead atoms. The van der Waals surface area contributed by atoms with Crippen molar-refractivity contribution in [1.29, 1.82) is 0 Å². The van der Waals surface area contributed by atoms with Crippen LogP contribution in [0.25, 0.3) is 17.2 Å². The van der Waals surface area contributed by atoms with Crippen LogP contribution in [0.5, 0.6) is 0 Å². The molecule has 0 saturated heterocycles. The molecule has 0 saturated carbocycles. The molecule has 3 aromatic rings. The molecular weight excluding hydrogens is 595 g/mol. The van der Waals surface area contributed by atoms with E-state index in [0.29, 0.717) is 9.54 Å². The van der Waals surface area contributed by atoms with Gasteiger partial charge in [0.05, 0.1) is 0 Å². The van der Waals surface area contributed by atoms with Gasteiger partial charge in [0.1, 0.15) is 0 Å². The first-order chi connectivity index (χ1) is 16.2. The van der Waals surface area contributed by atoms with Gasteiger partial charge in [0, 0.05) is 0 Å². The van der Waals surface area contributed by atoms with Gasteiger partial charge in [0.2, 0.25) is 0 Å². The molecule has 1 heterocycles. The summed E-state index contributed by atoms with van der Waals surface area (Å²) < 4.78 is 6.78. The van der Waals surface area contributed by atoms with Crippen molar-refractivity contribution in [3.05, 3.63) is 88.0 Å². The van der Waals surface area contributed by atoms with Gasteiger partial charge in [-0.05, 0) is 0 Å². The predicted molar refractivity (Wildman–Crippen MR) is 145 cm³/mol. The van der Waals surface area contributed by atoms with Crippen molar-refractivity contribution in [2.75, 3.05) is 6.61 Å². The van der Waals surface area contributed by atoms with Crippen LogP contribution in [0.3, 0.4) is 0 Å². The summed E-state index contributed by atoms with van der Waals surface area (Å²) in [5.74, 6) is 0.415. The Bertz CT molecular complexity index is 1360. The van der Waals surface area contributed by atoms with Gasteiger partial charge >= 0.3 is 223 Å². The normalized spacial score (nSPS) is 19.8. The summed E-state index contributed by atoms with van der Waals surface area (Å²) in [5.41, 5.74) is 12.5. The minimum absolute atomic E-state index is 0. The summed E-state index contributed by atoms with van der Waals surface area (Å²) in [5, 5.41) is 3.46. The van der Waals surface area contributed by atoms with Crippen molar-refractivity contribution in [3.8, 4) is 11.1 Å². The minimum atomic E-state index is -1.47. The minimum Gasteiger partial charge on any atom is -1.00 e. The third kappa shape index (κ3) is 4.54. The molecule has 0 fully saturated rings. The Morgan fingerprint density at radius 2 is 1.56 bits per heavy atom.